The van der Waals surface area contributed by atoms with Crippen LogP contribution >= 0.6 is 22.6 Å². The minimum absolute atomic E-state index is 0.491. The molecule has 1 aromatic rings. The molecule has 0 radical (unpaired) electrons. The van der Waals surface area contributed by atoms with Gasteiger partial charge in [-0.05, 0) is 61.1 Å². The van der Waals surface area contributed by atoms with Crippen molar-refractivity contribution >= 4 is 34.8 Å². The van der Waals surface area contributed by atoms with Crippen LogP contribution < -0.4 is 4.74 Å². The van der Waals surface area contributed by atoms with Crippen molar-refractivity contribution in [1.82, 2.24) is 0 Å². The number of ether oxygens (including phenoxy) is 2. The summed E-state index contributed by atoms with van der Waals surface area (Å²) in [6, 6.07) is 5.44. The van der Waals surface area contributed by atoms with E-state index in [1.54, 1.807) is 32.9 Å². The quantitative estimate of drug-likeness (QED) is 0.456. The molecular formula is C13H15IO3. The van der Waals surface area contributed by atoms with Gasteiger partial charge < -0.3 is 9.47 Å². The molecule has 0 N–H and O–H groups in total. The first kappa shape index (κ1) is 14.0. The predicted octanol–water partition coefficient (Wildman–Crippen LogP) is 4.25. The van der Waals surface area contributed by atoms with E-state index < -0.39 is 11.8 Å². The van der Waals surface area contributed by atoms with Crippen LogP contribution in [0.4, 0.5) is 4.79 Å². The molecule has 0 bridgehead atoms. The zero-order chi connectivity index (χ0) is 13.1. The van der Waals surface area contributed by atoms with Crippen molar-refractivity contribution < 1.29 is 14.3 Å². The van der Waals surface area contributed by atoms with E-state index in [9.17, 15) is 4.79 Å². The van der Waals surface area contributed by atoms with Gasteiger partial charge in [0.15, 0.2) is 0 Å². The molecule has 0 aromatic heterocycles. The Hall–Kier alpha value is -1.04. The lowest BCUT2D eigenvalue weighted by Crippen LogP contribution is -2.26. The Balaban J connectivity index is 2.75. The normalized spacial score (nSPS) is 10.8. The molecule has 0 fully saturated rings. The number of hydrogen-bond acceptors (Lipinski definition) is 3. The fourth-order valence-corrected chi connectivity index (χ4v) is 1.74. The van der Waals surface area contributed by atoms with E-state index in [1.165, 1.54) is 0 Å². The van der Waals surface area contributed by atoms with Crippen LogP contribution in [0.15, 0.2) is 24.8 Å². The standard InChI is InChI=1S/C13H15IO3/c1-5-9-6-7-11(10(14)8-9)16-12(15)17-13(2,3)4/h5-8H,1H2,2-4H3. The second-order valence-electron chi connectivity index (χ2n) is 4.46. The lowest BCUT2D eigenvalue weighted by molar-refractivity contribution is 0.0204. The summed E-state index contributed by atoms with van der Waals surface area (Å²) in [7, 11) is 0. The third-order valence-corrected chi connectivity index (χ3v) is 2.62. The van der Waals surface area contributed by atoms with Crippen molar-refractivity contribution in [2.45, 2.75) is 26.4 Å². The third-order valence-electron chi connectivity index (χ3n) is 1.77. The maximum Gasteiger partial charge on any atom is 0.514 e. The molecule has 1 aromatic carbocycles. The van der Waals surface area contributed by atoms with Gasteiger partial charge in [0.05, 0.1) is 3.57 Å². The summed E-state index contributed by atoms with van der Waals surface area (Å²) in [6.45, 7) is 9.05. The Labute approximate surface area is 115 Å². The van der Waals surface area contributed by atoms with Crippen molar-refractivity contribution in [2.24, 2.45) is 0 Å². The van der Waals surface area contributed by atoms with Crippen LogP contribution in [0, 0.1) is 3.57 Å². The van der Waals surface area contributed by atoms with E-state index in [-0.39, 0.29) is 0 Å². The molecule has 0 aliphatic carbocycles. The number of carbonyl (C=O) groups excluding carboxylic acids is 1. The second kappa shape index (κ2) is 5.53. The Bertz CT molecular complexity index is 433. The summed E-state index contributed by atoms with van der Waals surface area (Å²) in [5.41, 5.74) is 0.426. The average molecular weight is 346 g/mol. The van der Waals surface area contributed by atoms with Crippen molar-refractivity contribution in [3.8, 4) is 5.75 Å². The Morgan fingerprint density at radius 3 is 2.53 bits per heavy atom. The van der Waals surface area contributed by atoms with Crippen molar-refractivity contribution in [3.05, 3.63) is 33.9 Å². The molecule has 0 atom stereocenters. The third kappa shape index (κ3) is 4.77. The van der Waals surface area contributed by atoms with Gasteiger partial charge in [0.1, 0.15) is 11.4 Å². The van der Waals surface area contributed by atoms with Crippen molar-refractivity contribution in [2.75, 3.05) is 0 Å². The molecule has 0 saturated carbocycles. The van der Waals surface area contributed by atoms with Crippen LogP contribution in [0.1, 0.15) is 26.3 Å². The van der Waals surface area contributed by atoms with E-state index >= 15 is 0 Å². The van der Waals surface area contributed by atoms with E-state index in [4.69, 9.17) is 9.47 Å². The number of halogens is 1. The Kier molecular flexibility index (Phi) is 4.56. The molecule has 3 nitrogen and oxygen atoms in total. The lowest BCUT2D eigenvalue weighted by Gasteiger charge is -2.19. The predicted molar refractivity (Wildman–Crippen MR) is 76.1 cm³/mol. The van der Waals surface area contributed by atoms with Crippen LogP contribution in [0.5, 0.6) is 5.75 Å². The molecule has 0 aliphatic rings. The monoisotopic (exact) mass is 346 g/mol. The summed E-state index contributed by atoms with van der Waals surface area (Å²) in [6.07, 6.45) is 1.04. The summed E-state index contributed by atoms with van der Waals surface area (Å²) >= 11 is 2.10. The summed E-state index contributed by atoms with van der Waals surface area (Å²) in [5, 5.41) is 0. The minimum Gasteiger partial charge on any atom is -0.428 e. The highest BCUT2D eigenvalue weighted by Crippen LogP contribution is 2.23. The molecule has 17 heavy (non-hydrogen) atoms. The van der Waals surface area contributed by atoms with Crippen molar-refractivity contribution in [3.63, 3.8) is 0 Å². The number of hydrogen-bond donors (Lipinski definition) is 0. The maximum absolute atomic E-state index is 11.5. The topological polar surface area (TPSA) is 35.5 Å². The van der Waals surface area contributed by atoms with E-state index in [0.717, 1.165) is 9.13 Å². The zero-order valence-electron chi connectivity index (χ0n) is 10.1. The minimum atomic E-state index is -0.693. The Morgan fingerprint density at radius 1 is 1.41 bits per heavy atom. The SMILES string of the molecule is C=Cc1ccc(OC(=O)OC(C)(C)C)c(I)c1. The Morgan fingerprint density at radius 2 is 2.06 bits per heavy atom. The van der Waals surface area contributed by atoms with E-state index in [1.807, 2.05) is 12.1 Å². The van der Waals surface area contributed by atoms with Crippen molar-refractivity contribution in [1.29, 1.82) is 0 Å². The molecule has 0 amide bonds. The first-order chi connectivity index (χ1) is 7.81. The first-order valence-corrected chi connectivity index (χ1v) is 6.22. The zero-order valence-corrected chi connectivity index (χ0v) is 12.3. The molecule has 0 spiro atoms. The summed E-state index contributed by atoms with van der Waals surface area (Å²) in [5.74, 6) is 0.491. The summed E-state index contributed by atoms with van der Waals surface area (Å²) < 4.78 is 11.0. The summed E-state index contributed by atoms with van der Waals surface area (Å²) in [4.78, 5) is 11.5. The molecule has 0 heterocycles. The number of benzene rings is 1. The molecule has 0 saturated heterocycles. The van der Waals surface area contributed by atoms with Gasteiger partial charge in [-0.25, -0.2) is 4.79 Å². The molecule has 4 heteroatoms. The number of rotatable bonds is 2. The lowest BCUT2D eigenvalue weighted by atomic mass is 10.2. The largest absolute Gasteiger partial charge is 0.514 e. The van der Waals surface area contributed by atoms with Gasteiger partial charge in [-0.15, -0.1) is 0 Å². The first-order valence-electron chi connectivity index (χ1n) is 5.14. The van der Waals surface area contributed by atoms with Crippen LogP contribution in [-0.2, 0) is 4.74 Å². The van der Waals surface area contributed by atoms with E-state index in [0.29, 0.717) is 5.75 Å². The fourth-order valence-electron chi connectivity index (χ4n) is 1.09. The van der Waals surface area contributed by atoms with Crippen LogP contribution in [-0.4, -0.2) is 11.8 Å². The van der Waals surface area contributed by atoms with Gasteiger partial charge in [-0.1, -0.05) is 18.7 Å². The van der Waals surface area contributed by atoms with Gasteiger partial charge >= 0.3 is 6.16 Å². The molecule has 92 valence electrons. The fraction of sp³-hybridized carbons (Fsp3) is 0.308. The van der Waals surface area contributed by atoms with Crippen LogP contribution in [0.25, 0.3) is 6.08 Å². The van der Waals surface area contributed by atoms with Gasteiger partial charge in [-0.3, -0.25) is 0 Å². The highest BCUT2D eigenvalue weighted by molar-refractivity contribution is 14.1. The molecular weight excluding hydrogens is 331 g/mol. The average Bonchev–Trinajstić information content (AvgIpc) is 2.18. The smallest absolute Gasteiger partial charge is 0.428 e. The van der Waals surface area contributed by atoms with Gasteiger partial charge in [0.2, 0.25) is 0 Å². The van der Waals surface area contributed by atoms with Gasteiger partial charge in [0.25, 0.3) is 0 Å². The van der Waals surface area contributed by atoms with Gasteiger partial charge in [-0.2, -0.15) is 0 Å². The molecule has 0 aliphatic heterocycles. The molecule has 1 rings (SSSR count). The van der Waals surface area contributed by atoms with Gasteiger partial charge in [0, 0.05) is 0 Å². The highest BCUT2D eigenvalue weighted by Gasteiger charge is 2.18. The maximum atomic E-state index is 11.5. The van der Waals surface area contributed by atoms with Crippen LogP contribution in [0.2, 0.25) is 0 Å². The molecule has 0 unspecified atom stereocenters. The van der Waals surface area contributed by atoms with E-state index in [2.05, 4.69) is 29.2 Å². The number of carbonyl (C=O) groups is 1. The van der Waals surface area contributed by atoms with Crippen LogP contribution in [0.3, 0.4) is 0 Å². The second-order valence-corrected chi connectivity index (χ2v) is 5.62. The highest BCUT2D eigenvalue weighted by atomic mass is 127.